The highest BCUT2D eigenvalue weighted by atomic mass is 35.5. The SMILES string of the molecule is COC(=O)c1sc(NC(=O)C(C)(N)c2ccccc2)nc1C(C)(C)C.Cl. The number of aromatic nitrogens is 1. The summed E-state index contributed by atoms with van der Waals surface area (Å²) >= 11 is 1.09. The average molecular weight is 398 g/mol. The lowest BCUT2D eigenvalue weighted by atomic mass is 9.91. The van der Waals surface area contributed by atoms with E-state index in [9.17, 15) is 9.59 Å². The number of methoxy groups -OCH3 is 1. The third-order valence-corrected chi connectivity index (χ3v) is 4.72. The van der Waals surface area contributed by atoms with E-state index < -0.39 is 17.4 Å². The number of nitrogens with zero attached hydrogens (tertiary/aromatic N) is 1. The molecule has 3 N–H and O–H groups in total. The Balaban J connectivity index is 0.00000338. The van der Waals surface area contributed by atoms with E-state index in [0.717, 1.165) is 11.3 Å². The van der Waals surface area contributed by atoms with Crippen LogP contribution in [0.3, 0.4) is 0 Å². The highest BCUT2D eigenvalue weighted by Crippen LogP contribution is 2.33. The van der Waals surface area contributed by atoms with Crippen molar-refractivity contribution in [2.24, 2.45) is 5.73 Å². The molecule has 0 saturated heterocycles. The molecule has 26 heavy (non-hydrogen) atoms. The Bertz CT molecular complexity index is 783. The summed E-state index contributed by atoms with van der Waals surface area (Å²) in [5.74, 6) is -0.870. The van der Waals surface area contributed by atoms with Gasteiger partial charge in [-0.3, -0.25) is 4.79 Å². The van der Waals surface area contributed by atoms with Crippen molar-refractivity contribution in [1.29, 1.82) is 0 Å². The molecule has 1 aromatic heterocycles. The maximum absolute atomic E-state index is 12.7. The van der Waals surface area contributed by atoms with Crippen LogP contribution in [0.5, 0.6) is 0 Å². The number of thiazole rings is 1. The molecule has 0 bridgehead atoms. The van der Waals surface area contributed by atoms with E-state index >= 15 is 0 Å². The maximum Gasteiger partial charge on any atom is 0.350 e. The second-order valence-electron chi connectivity index (χ2n) is 6.96. The van der Waals surface area contributed by atoms with Crippen LogP contribution < -0.4 is 11.1 Å². The molecule has 0 radical (unpaired) electrons. The van der Waals surface area contributed by atoms with Crippen LogP contribution in [-0.2, 0) is 20.5 Å². The molecule has 142 valence electrons. The van der Waals surface area contributed by atoms with Gasteiger partial charge in [-0.15, -0.1) is 12.4 Å². The zero-order valence-corrected chi connectivity index (χ0v) is 17.1. The van der Waals surface area contributed by atoms with Gasteiger partial charge in [0.1, 0.15) is 10.4 Å². The van der Waals surface area contributed by atoms with Crippen LogP contribution in [0, 0.1) is 0 Å². The fourth-order valence-corrected chi connectivity index (χ4v) is 3.34. The minimum Gasteiger partial charge on any atom is -0.465 e. The molecule has 0 fully saturated rings. The largest absolute Gasteiger partial charge is 0.465 e. The van der Waals surface area contributed by atoms with Crippen LogP contribution in [0.1, 0.15) is 48.6 Å². The Hall–Kier alpha value is -1.96. The molecule has 1 atom stereocenters. The smallest absolute Gasteiger partial charge is 0.350 e. The van der Waals surface area contributed by atoms with Gasteiger partial charge in [-0.1, -0.05) is 62.4 Å². The first-order valence-electron chi connectivity index (χ1n) is 7.83. The fraction of sp³-hybridized carbons (Fsp3) is 0.389. The van der Waals surface area contributed by atoms with Crippen molar-refractivity contribution in [3.63, 3.8) is 0 Å². The molecule has 6 nitrogen and oxygen atoms in total. The van der Waals surface area contributed by atoms with Crippen molar-refractivity contribution in [3.05, 3.63) is 46.5 Å². The van der Waals surface area contributed by atoms with Gasteiger partial charge in [-0.05, 0) is 12.5 Å². The highest BCUT2D eigenvalue weighted by Gasteiger charge is 2.33. The number of hydrogen-bond donors (Lipinski definition) is 2. The Labute approximate surface area is 163 Å². The molecular formula is C18H24ClN3O3S. The van der Waals surface area contributed by atoms with Gasteiger partial charge in [-0.25, -0.2) is 9.78 Å². The van der Waals surface area contributed by atoms with E-state index in [1.54, 1.807) is 19.1 Å². The molecule has 2 aromatic rings. The third-order valence-electron chi connectivity index (χ3n) is 3.77. The second kappa shape index (κ2) is 8.16. The molecule has 0 aliphatic rings. The van der Waals surface area contributed by atoms with Crippen LogP contribution in [0.25, 0.3) is 0 Å². The molecule has 0 spiro atoms. The molecule has 1 aromatic carbocycles. The summed E-state index contributed by atoms with van der Waals surface area (Å²) in [5, 5.41) is 3.05. The fourth-order valence-electron chi connectivity index (χ4n) is 2.26. The Morgan fingerprint density at radius 2 is 1.73 bits per heavy atom. The number of carbonyl (C=O) groups excluding carboxylic acids is 2. The average Bonchev–Trinajstić information content (AvgIpc) is 2.99. The van der Waals surface area contributed by atoms with E-state index in [1.165, 1.54) is 7.11 Å². The zero-order valence-electron chi connectivity index (χ0n) is 15.5. The van der Waals surface area contributed by atoms with Crippen molar-refractivity contribution in [3.8, 4) is 0 Å². The monoisotopic (exact) mass is 397 g/mol. The lowest BCUT2D eigenvalue weighted by molar-refractivity contribution is -0.120. The zero-order chi connectivity index (χ0) is 18.8. The number of amides is 1. The Morgan fingerprint density at radius 3 is 2.23 bits per heavy atom. The van der Waals surface area contributed by atoms with Crippen LogP contribution in [0.15, 0.2) is 30.3 Å². The van der Waals surface area contributed by atoms with Crippen molar-refractivity contribution in [2.75, 3.05) is 12.4 Å². The number of carbonyl (C=O) groups is 2. The standard InChI is InChI=1S/C18H23N3O3S.ClH/c1-17(2,3)13-12(14(22)24-5)25-16(20-13)21-15(23)18(4,19)11-9-7-6-8-10-11;/h6-10H,19H2,1-5H3,(H,20,21,23);1H. The molecular weight excluding hydrogens is 374 g/mol. The summed E-state index contributed by atoms with van der Waals surface area (Å²) in [4.78, 5) is 29.5. The normalized spacial score (nSPS) is 13.3. The first kappa shape index (κ1) is 22.1. The van der Waals surface area contributed by atoms with Gasteiger partial charge >= 0.3 is 5.97 Å². The predicted octanol–water partition coefficient (Wildman–Crippen LogP) is 3.46. The van der Waals surface area contributed by atoms with Crippen LogP contribution in [0.2, 0.25) is 0 Å². The number of rotatable bonds is 4. The van der Waals surface area contributed by atoms with Gasteiger partial charge in [0.05, 0.1) is 12.8 Å². The minimum absolute atomic E-state index is 0. The van der Waals surface area contributed by atoms with Crippen LogP contribution in [-0.4, -0.2) is 24.0 Å². The number of ether oxygens (including phenoxy) is 1. The van der Waals surface area contributed by atoms with E-state index in [2.05, 4.69) is 10.3 Å². The molecule has 0 aliphatic carbocycles. The number of anilines is 1. The molecule has 1 amide bonds. The van der Waals surface area contributed by atoms with Crippen molar-refractivity contribution in [2.45, 2.75) is 38.6 Å². The van der Waals surface area contributed by atoms with Gasteiger partial charge < -0.3 is 15.8 Å². The van der Waals surface area contributed by atoms with E-state index in [1.807, 2.05) is 39.0 Å². The quantitative estimate of drug-likeness (QED) is 0.770. The Kier molecular flexibility index (Phi) is 6.93. The number of halogens is 1. The van der Waals surface area contributed by atoms with Gasteiger partial charge in [0.2, 0.25) is 0 Å². The van der Waals surface area contributed by atoms with E-state index in [0.29, 0.717) is 21.3 Å². The van der Waals surface area contributed by atoms with Crippen molar-refractivity contribution < 1.29 is 14.3 Å². The summed E-state index contributed by atoms with van der Waals surface area (Å²) in [6.07, 6.45) is 0. The first-order chi connectivity index (χ1) is 11.6. The van der Waals surface area contributed by atoms with Gasteiger partial charge in [-0.2, -0.15) is 0 Å². The topological polar surface area (TPSA) is 94.3 Å². The van der Waals surface area contributed by atoms with Gasteiger partial charge in [0.25, 0.3) is 5.91 Å². The van der Waals surface area contributed by atoms with Crippen LogP contribution in [0.4, 0.5) is 5.13 Å². The highest BCUT2D eigenvalue weighted by molar-refractivity contribution is 7.17. The van der Waals surface area contributed by atoms with Crippen LogP contribution >= 0.6 is 23.7 Å². The lowest BCUT2D eigenvalue weighted by Crippen LogP contribution is -2.45. The summed E-state index contributed by atoms with van der Waals surface area (Å²) in [6, 6.07) is 9.09. The number of nitrogens with one attached hydrogen (secondary N) is 1. The summed E-state index contributed by atoms with van der Waals surface area (Å²) < 4.78 is 4.82. The molecule has 8 heteroatoms. The van der Waals surface area contributed by atoms with Crippen molar-refractivity contribution >= 4 is 40.8 Å². The van der Waals surface area contributed by atoms with Crippen molar-refractivity contribution in [1.82, 2.24) is 4.98 Å². The third kappa shape index (κ3) is 4.60. The van der Waals surface area contributed by atoms with E-state index in [4.69, 9.17) is 10.5 Å². The summed E-state index contributed by atoms with van der Waals surface area (Å²) in [7, 11) is 1.32. The van der Waals surface area contributed by atoms with Gasteiger partial charge in [0, 0.05) is 5.41 Å². The second-order valence-corrected chi connectivity index (χ2v) is 7.96. The van der Waals surface area contributed by atoms with Gasteiger partial charge in [0.15, 0.2) is 5.13 Å². The number of esters is 1. The Morgan fingerprint density at radius 1 is 1.15 bits per heavy atom. The number of nitrogens with two attached hydrogens (primary N) is 1. The molecule has 1 heterocycles. The number of hydrogen-bond acceptors (Lipinski definition) is 6. The first-order valence-corrected chi connectivity index (χ1v) is 8.64. The minimum atomic E-state index is -1.22. The predicted molar refractivity (Wildman–Crippen MR) is 106 cm³/mol. The molecule has 1 unspecified atom stereocenters. The molecule has 0 saturated carbocycles. The molecule has 2 rings (SSSR count). The molecule has 0 aliphatic heterocycles. The lowest BCUT2D eigenvalue weighted by Gasteiger charge is -2.23. The summed E-state index contributed by atoms with van der Waals surface area (Å²) in [6.45, 7) is 7.46. The number of benzene rings is 1. The maximum atomic E-state index is 12.7. The van der Waals surface area contributed by atoms with E-state index in [-0.39, 0.29) is 17.8 Å². The summed E-state index contributed by atoms with van der Waals surface area (Å²) in [5.41, 5.74) is 5.90.